The highest BCUT2D eigenvalue weighted by Crippen LogP contribution is 2.20. The van der Waals surface area contributed by atoms with Gasteiger partial charge in [-0.1, -0.05) is 38.4 Å². The number of halogens is 2. The van der Waals surface area contributed by atoms with Crippen molar-refractivity contribution in [2.24, 2.45) is 0 Å². The van der Waals surface area contributed by atoms with Crippen LogP contribution in [0.3, 0.4) is 0 Å². The van der Waals surface area contributed by atoms with Crippen LogP contribution in [0.4, 0.5) is 4.39 Å². The summed E-state index contributed by atoms with van der Waals surface area (Å²) in [5.41, 5.74) is 1.87. The van der Waals surface area contributed by atoms with Gasteiger partial charge in [0, 0.05) is 11.8 Å². The molecule has 0 bridgehead atoms. The Kier molecular flexibility index (Phi) is 5.39. The van der Waals surface area contributed by atoms with E-state index in [1.807, 2.05) is 26.8 Å². The molecule has 0 saturated heterocycles. The van der Waals surface area contributed by atoms with Crippen LogP contribution in [0.5, 0.6) is 0 Å². The molecule has 1 aromatic carbocycles. The number of aromatic amines is 1. The summed E-state index contributed by atoms with van der Waals surface area (Å²) in [4.78, 5) is 23.8. The molecule has 0 aliphatic rings. The van der Waals surface area contributed by atoms with Crippen LogP contribution in [-0.4, -0.2) is 21.9 Å². The number of ketones is 1. The number of rotatable bonds is 5. The Morgan fingerprint density at radius 3 is 2.58 bits per heavy atom. The zero-order valence-corrected chi connectivity index (χ0v) is 14.5. The minimum atomic E-state index is -0.725. The van der Waals surface area contributed by atoms with E-state index >= 15 is 0 Å². The first kappa shape index (κ1) is 18.1. The van der Waals surface area contributed by atoms with Gasteiger partial charge in [0.05, 0.1) is 23.0 Å². The summed E-state index contributed by atoms with van der Waals surface area (Å²) >= 11 is 5.58. The first-order valence-corrected chi connectivity index (χ1v) is 7.84. The van der Waals surface area contributed by atoms with Crippen LogP contribution in [0.2, 0.25) is 5.02 Å². The topological polar surface area (TPSA) is 74.8 Å². The minimum Gasteiger partial charge on any atom is -0.344 e. The SMILES string of the molecule is CC(C)(C)c1cc(CNC(=O)C(=O)Cc2ccc(Cl)c(F)c2)[nH]n1. The lowest BCUT2D eigenvalue weighted by molar-refractivity contribution is -0.137. The number of nitrogens with one attached hydrogen (secondary N) is 2. The third kappa shape index (κ3) is 4.64. The second-order valence-corrected chi connectivity index (χ2v) is 6.97. The summed E-state index contributed by atoms with van der Waals surface area (Å²) in [5.74, 6) is -1.99. The smallest absolute Gasteiger partial charge is 0.288 e. The van der Waals surface area contributed by atoms with E-state index < -0.39 is 17.5 Å². The molecule has 0 saturated carbocycles. The number of nitrogens with zero attached hydrogens (tertiary/aromatic N) is 1. The molecule has 24 heavy (non-hydrogen) atoms. The van der Waals surface area contributed by atoms with Gasteiger partial charge in [-0.3, -0.25) is 14.7 Å². The average molecular weight is 352 g/mol. The average Bonchev–Trinajstić information content (AvgIpc) is 2.97. The van der Waals surface area contributed by atoms with Gasteiger partial charge in [-0.25, -0.2) is 4.39 Å². The predicted octanol–water partition coefficient (Wildman–Crippen LogP) is 2.93. The van der Waals surface area contributed by atoms with Crippen molar-refractivity contribution in [2.45, 2.75) is 39.2 Å². The number of aromatic nitrogens is 2. The van der Waals surface area contributed by atoms with Crippen molar-refractivity contribution in [3.63, 3.8) is 0 Å². The molecule has 128 valence electrons. The normalized spacial score (nSPS) is 11.4. The quantitative estimate of drug-likeness (QED) is 0.813. The fraction of sp³-hybridized carbons (Fsp3) is 0.353. The van der Waals surface area contributed by atoms with Crippen LogP contribution in [0.15, 0.2) is 24.3 Å². The number of hydrogen-bond donors (Lipinski definition) is 2. The third-order valence-corrected chi connectivity index (χ3v) is 3.75. The molecule has 5 nitrogen and oxygen atoms in total. The van der Waals surface area contributed by atoms with Crippen molar-refractivity contribution in [3.05, 3.63) is 52.1 Å². The van der Waals surface area contributed by atoms with Gasteiger partial charge in [-0.2, -0.15) is 5.10 Å². The standard InChI is InChI=1S/C17H19ClFN3O2/c1-17(2,3)15-8-11(21-22-15)9-20-16(24)14(23)7-10-4-5-12(18)13(19)6-10/h4-6,8H,7,9H2,1-3H3,(H,20,24)(H,21,22). The molecule has 1 amide bonds. The molecule has 0 spiro atoms. The van der Waals surface area contributed by atoms with Crippen molar-refractivity contribution < 1.29 is 14.0 Å². The van der Waals surface area contributed by atoms with Gasteiger partial charge < -0.3 is 5.32 Å². The molecule has 2 aromatic rings. The predicted molar refractivity (Wildman–Crippen MR) is 89.3 cm³/mol. The number of Topliss-reactive ketones (excluding diaryl/α,β-unsaturated/α-hetero) is 1. The molecule has 2 rings (SSSR count). The third-order valence-electron chi connectivity index (χ3n) is 3.44. The Balaban J connectivity index is 1.91. The van der Waals surface area contributed by atoms with Gasteiger partial charge in [-0.05, 0) is 23.8 Å². The second kappa shape index (κ2) is 7.13. The molecule has 1 heterocycles. The van der Waals surface area contributed by atoms with Crippen LogP contribution in [0, 0.1) is 5.82 Å². The summed E-state index contributed by atoms with van der Waals surface area (Å²) in [6, 6.07) is 5.87. The Bertz CT molecular complexity index is 765. The maximum Gasteiger partial charge on any atom is 0.288 e. The molecule has 0 fully saturated rings. The van der Waals surface area contributed by atoms with Gasteiger partial charge in [-0.15, -0.1) is 0 Å². The molecule has 1 aromatic heterocycles. The summed E-state index contributed by atoms with van der Waals surface area (Å²) in [6.45, 7) is 6.25. The first-order valence-electron chi connectivity index (χ1n) is 7.46. The van der Waals surface area contributed by atoms with E-state index in [0.717, 1.165) is 11.8 Å². The largest absolute Gasteiger partial charge is 0.344 e. The van der Waals surface area contributed by atoms with Crippen LogP contribution < -0.4 is 5.32 Å². The Morgan fingerprint density at radius 2 is 2.00 bits per heavy atom. The van der Waals surface area contributed by atoms with E-state index in [0.29, 0.717) is 11.3 Å². The Labute approximate surface area is 144 Å². The lowest BCUT2D eigenvalue weighted by Crippen LogP contribution is -2.31. The lowest BCUT2D eigenvalue weighted by Gasteiger charge is -2.13. The van der Waals surface area contributed by atoms with E-state index in [2.05, 4.69) is 15.5 Å². The number of benzene rings is 1. The van der Waals surface area contributed by atoms with Crippen molar-refractivity contribution in [1.29, 1.82) is 0 Å². The molecule has 0 aliphatic carbocycles. The number of amides is 1. The monoisotopic (exact) mass is 351 g/mol. The van der Waals surface area contributed by atoms with E-state index in [9.17, 15) is 14.0 Å². The Hall–Kier alpha value is -2.21. The number of carbonyl (C=O) groups excluding carboxylic acids is 2. The zero-order valence-electron chi connectivity index (χ0n) is 13.7. The van der Waals surface area contributed by atoms with Gasteiger partial charge in [0.25, 0.3) is 5.91 Å². The van der Waals surface area contributed by atoms with Crippen LogP contribution in [-0.2, 0) is 28.0 Å². The maximum absolute atomic E-state index is 13.3. The van der Waals surface area contributed by atoms with Crippen LogP contribution in [0.25, 0.3) is 0 Å². The molecule has 0 radical (unpaired) electrons. The highest BCUT2D eigenvalue weighted by atomic mass is 35.5. The van der Waals surface area contributed by atoms with Crippen LogP contribution >= 0.6 is 11.6 Å². The van der Waals surface area contributed by atoms with E-state index in [1.165, 1.54) is 12.1 Å². The van der Waals surface area contributed by atoms with Gasteiger partial charge >= 0.3 is 0 Å². The summed E-state index contributed by atoms with van der Waals surface area (Å²) in [5, 5.41) is 9.52. The molecular formula is C17H19ClFN3O2. The van der Waals surface area contributed by atoms with Crippen molar-refractivity contribution in [3.8, 4) is 0 Å². The summed E-state index contributed by atoms with van der Waals surface area (Å²) in [7, 11) is 0. The zero-order chi connectivity index (χ0) is 17.9. The number of hydrogen-bond acceptors (Lipinski definition) is 3. The fourth-order valence-corrected chi connectivity index (χ4v) is 2.14. The molecule has 0 unspecified atom stereocenters. The number of carbonyl (C=O) groups is 2. The summed E-state index contributed by atoms with van der Waals surface area (Å²) in [6.07, 6.45) is -0.184. The maximum atomic E-state index is 13.3. The highest BCUT2D eigenvalue weighted by molar-refractivity contribution is 6.36. The molecule has 2 N–H and O–H groups in total. The second-order valence-electron chi connectivity index (χ2n) is 6.56. The first-order chi connectivity index (χ1) is 11.2. The molecular weight excluding hydrogens is 333 g/mol. The lowest BCUT2D eigenvalue weighted by atomic mass is 9.92. The molecule has 0 aliphatic heterocycles. The van der Waals surface area contributed by atoms with Crippen molar-refractivity contribution in [2.75, 3.05) is 0 Å². The van der Waals surface area contributed by atoms with Crippen molar-refractivity contribution >= 4 is 23.3 Å². The van der Waals surface area contributed by atoms with E-state index in [1.54, 1.807) is 0 Å². The van der Waals surface area contributed by atoms with Crippen molar-refractivity contribution in [1.82, 2.24) is 15.5 Å². The van der Waals surface area contributed by atoms with Crippen LogP contribution in [0.1, 0.15) is 37.7 Å². The van der Waals surface area contributed by atoms with E-state index in [4.69, 9.17) is 11.6 Å². The molecule has 7 heteroatoms. The van der Waals surface area contributed by atoms with Gasteiger partial charge in [0.2, 0.25) is 5.78 Å². The summed E-state index contributed by atoms with van der Waals surface area (Å²) < 4.78 is 13.3. The number of H-pyrrole nitrogens is 1. The van der Waals surface area contributed by atoms with E-state index in [-0.39, 0.29) is 23.4 Å². The fourth-order valence-electron chi connectivity index (χ4n) is 2.03. The van der Waals surface area contributed by atoms with Gasteiger partial charge in [0.1, 0.15) is 5.82 Å². The molecule has 0 atom stereocenters. The highest BCUT2D eigenvalue weighted by Gasteiger charge is 2.19. The minimum absolute atomic E-state index is 0.0236. The Morgan fingerprint density at radius 1 is 1.29 bits per heavy atom. The van der Waals surface area contributed by atoms with Gasteiger partial charge in [0.15, 0.2) is 0 Å².